The van der Waals surface area contributed by atoms with Crippen LogP contribution in [0.15, 0.2) is 29.8 Å². The molecule has 0 radical (unpaired) electrons. The average molecular weight is 271 g/mol. The van der Waals surface area contributed by atoms with Gasteiger partial charge in [-0.15, -0.1) is 10.2 Å². The first-order chi connectivity index (χ1) is 9.40. The Kier molecular flexibility index (Phi) is 2.76. The second-order valence-electron chi connectivity index (χ2n) is 5.69. The minimum absolute atomic E-state index is 0.570. The van der Waals surface area contributed by atoms with Gasteiger partial charge in [-0.25, -0.2) is 0 Å². The fourth-order valence-corrected chi connectivity index (χ4v) is 4.26. The molecule has 98 valence electrons. The Hall–Kier alpha value is -1.42. The van der Waals surface area contributed by atoms with Crippen molar-refractivity contribution >= 4 is 16.5 Å². The molecule has 4 heteroatoms. The molecule has 0 aliphatic heterocycles. The van der Waals surface area contributed by atoms with Crippen LogP contribution in [0.5, 0.6) is 0 Å². The molecule has 2 atom stereocenters. The number of rotatable bonds is 2. The molecule has 2 aliphatic carbocycles. The van der Waals surface area contributed by atoms with E-state index in [1.54, 1.807) is 28.0 Å². The zero-order valence-corrected chi connectivity index (χ0v) is 11.6. The van der Waals surface area contributed by atoms with Gasteiger partial charge in [-0.3, -0.25) is 0 Å². The van der Waals surface area contributed by atoms with Crippen molar-refractivity contribution in [1.29, 1.82) is 0 Å². The Morgan fingerprint density at radius 2 is 1.74 bits per heavy atom. The maximum atomic E-state index is 4.14. The summed E-state index contributed by atoms with van der Waals surface area (Å²) in [4.78, 5) is 0. The van der Waals surface area contributed by atoms with Gasteiger partial charge in [0.15, 0.2) is 0 Å². The maximum absolute atomic E-state index is 4.14. The third-order valence-electron chi connectivity index (χ3n) is 4.66. The maximum Gasteiger partial charge on any atom is 0.205 e. The molecule has 1 fully saturated rings. The predicted molar refractivity (Wildman–Crippen MR) is 77.4 cm³/mol. The molecular formula is C15H17N3S. The van der Waals surface area contributed by atoms with E-state index in [1.165, 1.54) is 25.7 Å². The van der Waals surface area contributed by atoms with Crippen LogP contribution in [0.3, 0.4) is 0 Å². The van der Waals surface area contributed by atoms with Crippen LogP contribution < -0.4 is 5.32 Å². The lowest BCUT2D eigenvalue weighted by Crippen LogP contribution is -2.30. The van der Waals surface area contributed by atoms with Gasteiger partial charge < -0.3 is 5.32 Å². The summed E-state index contributed by atoms with van der Waals surface area (Å²) in [6, 6.07) is 9.52. The Labute approximate surface area is 117 Å². The van der Waals surface area contributed by atoms with Gasteiger partial charge in [-0.1, -0.05) is 35.6 Å². The number of benzene rings is 1. The van der Waals surface area contributed by atoms with E-state index in [-0.39, 0.29) is 0 Å². The molecule has 4 rings (SSSR count). The van der Waals surface area contributed by atoms with Gasteiger partial charge >= 0.3 is 0 Å². The van der Waals surface area contributed by atoms with E-state index in [4.69, 9.17) is 0 Å². The van der Waals surface area contributed by atoms with E-state index in [0.717, 1.165) is 17.0 Å². The van der Waals surface area contributed by atoms with Crippen LogP contribution >= 0.6 is 11.3 Å². The zero-order valence-electron chi connectivity index (χ0n) is 10.7. The van der Waals surface area contributed by atoms with Crippen molar-refractivity contribution in [3.8, 4) is 0 Å². The van der Waals surface area contributed by atoms with Crippen LogP contribution in [-0.4, -0.2) is 16.2 Å². The zero-order chi connectivity index (χ0) is 12.7. The Morgan fingerprint density at radius 3 is 2.32 bits per heavy atom. The number of hydrogen-bond acceptors (Lipinski definition) is 4. The molecule has 1 N–H and O–H groups in total. The molecule has 1 aromatic heterocycles. The highest BCUT2D eigenvalue weighted by Crippen LogP contribution is 2.41. The van der Waals surface area contributed by atoms with Crippen molar-refractivity contribution in [1.82, 2.24) is 10.2 Å². The quantitative estimate of drug-likeness (QED) is 0.912. The van der Waals surface area contributed by atoms with E-state index < -0.39 is 0 Å². The van der Waals surface area contributed by atoms with Crippen molar-refractivity contribution in [3.63, 3.8) is 0 Å². The van der Waals surface area contributed by atoms with Crippen LogP contribution in [-0.2, 0) is 12.8 Å². The van der Waals surface area contributed by atoms with Crippen molar-refractivity contribution in [2.24, 2.45) is 11.8 Å². The highest BCUT2D eigenvalue weighted by Gasteiger charge is 2.39. The molecule has 2 unspecified atom stereocenters. The number of anilines is 1. The van der Waals surface area contributed by atoms with Gasteiger partial charge in [0.05, 0.1) is 0 Å². The van der Waals surface area contributed by atoms with E-state index in [9.17, 15) is 0 Å². The van der Waals surface area contributed by atoms with Crippen LogP contribution in [0.4, 0.5) is 5.13 Å². The number of nitrogens with zero attached hydrogens (tertiary/aromatic N) is 2. The standard InChI is InChI=1S/C15H17N3S/c1-2-4-11-8-13-6-5-12(7-10(11)3-1)14(13)17-15-18-16-9-19-15/h1-4,9,12-14H,5-8H2,(H,17,18). The van der Waals surface area contributed by atoms with Gasteiger partial charge in [0.25, 0.3) is 0 Å². The third kappa shape index (κ3) is 2.04. The molecule has 1 saturated carbocycles. The first-order valence-corrected chi connectivity index (χ1v) is 7.87. The number of aromatic nitrogens is 2. The van der Waals surface area contributed by atoms with Gasteiger partial charge in [-0.2, -0.15) is 0 Å². The highest BCUT2D eigenvalue weighted by molar-refractivity contribution is 7.13. The number of nitrogens with one attached hydrogen (secondary N) is 1. The molecular weight excluding hydrogens is 254 g/mol. The fourth-order valence-electron chi connectivity index (χ4n) is 3.77. The second kappa shape index (κ2) is 4.60. The third-order valence-corrected chi connectivity index (χ3v) is 5.28. The minimum atomic E-state index is 0.570. The van der Waals surface area contributed by atoms with Crippen molar-refractivity contribution in [2.45, 2.75) is 31.7 Å². The average Bonchev–Trinajstić information content (AvgIpc) is 2.99. The normalized spacial score (nSPS) is 28.7. The SMILES string of the molecule is c1ccc2c(c1)CC1CCC(C2)C1Nc1nncs1. The van der Waals surface area contributed by atoms with Crippen molar-refractivity contribution in [3.05, 3.63) is 40.9 Å². The molecule has 19 heavy (non-hydrogen) atoms. The van der Waals surface area contributed by atoms with Crippen LogP contribution in [0.1, 0.15) is 24.0 Å². The summed E-state index contributed by atoms with van der Waals surface area (Å²) >= 11 is 1.61. The summed E-state index contributed by atoms with van der Waals surface area (Å²) in [7, 11) is 0. The largest absolute Gasteiger partial charge is 0.357 e. The predicted octanol–water partition coefficient (Wildman–Crippen LogP) is 3.14. The first kappa shape index (κ1) is 11.4. The molecule has 1 aromatic carbocycles. The first-order valence-electron chi connectivity index (χ1n) is 6.99. The molecule has 0 saturated heterocycles. The number of fused-ring (bicyclic) bond motifs is 3. The lowest BCUT2D eigenvalue weighted by atomic mass is 9.94. The van der Waals surface area contributed by atoms with Gasteiger partial charge in [0.2, 0.25) is 5.13 Å². The number of hydrogen-bond donors (Lipinski definition) is 1. The molecule has 2 aliphatic rings. The van der Waals surface area contributed by atoms with E-state index in [2.05, 4.69) is 39.8 Å². The summed E-state index contributed by atoms with van der Waals surface area (Å²) in [5, 5.41) is 12.7. The Bertz CT molecular complexity index is 534. The van der Waals surface area contributed by atoms with Crippen molar-refractivity contribution < 1.29 is 0 Å². The molecule has 2 bridgehead atoms. The fraction of sp³-hybridized carbons (Fsp3) is 0.467. The topological polar surface area (TPSA) is 37.8 Å². The molecule has 0 amide bonds. The lowest BCUT2D eigenvalue weighted by Gasteiger charge is -2.22. The molecule has 1 heterocycles. The van der Waals surface area contributed by atoms with E-state index in [0.29, 0.717) is 6.04 Å². The monoisotopic (exact) mass is 271 g/mol. The second-order valence-corrected chi connectivity index (χ2v) is 6.52. The van der Waals surface area contributed by atoms with Crippen molar-refractivity contribution in [2.75, 3.05) is 5.32 Å². The lowest BCUT2D eigenvalue weighted by molar-refractivity contribution is 0.449. The molecule has 2 aromatic rings. The summed E-state index contributed by atoms with van der Waals surface area (Å²) in [5.41, 5.74) is 4.91. The minimum Gasteiger partial charge on any atom is -0.357 e. The van der Waals surface area contributed by atoms with E-state index in [1.807, 2.05) is 0 Å². The van der Waals surface area contributed by atoms with Crippen LogP contribution in [0, 0.1) is 11.8 Å². The smallest absolute Gasteiger partial charge is 0.205 e. The molecule has 3 nitrogen and oxygen atoms in total. The van der Waals surface area contributed by atoms with Crippen LogP contribution in [0.25, 0.3) is 0 Å². The molecule has 0 spiro atoms. The van der Waals surface area contributed by atoms with Gasteiger partial charge in [0.1, 0.15) is 5.51 Å². The Morgan fingerprint density at radius 1 is 1.05 bits per heavy atom. The summed E-state index contributed by atoms with van der Waals surface area (Å²) in [6.45, 7) is 0. The summed E-state index contributed by atoms with van der Waals surface area (Å²) < 4.78 is 0. The summed E-state index contributed by atoms with van der Waals surface area (Å²) in [6.07, 6.45) is 5.11. The van der Waals surface area contributed by atoms with Gasteiger partial charge in [-0.05, 0) is 48.6 Å². The van der Waals surface area contributed by atoms with Gasteiger partial charge in [0, 0.05) is 6.04 Å². The van der Waals surface area contributed by atoms with E-state index >= 15 is 0 Å². The van der Waals surface area contributed by atoms with Crippen LogP contribution in [0.2, 0.25) is 0 Å². The highest BCUT2D eigenvalue weighted by atomic mass is 32.1. The summed E-state index contributed by atoms with van der Waals surface area (Å²) in [5.74, 6) is 1.50. The Balaban J connectivity index is 1.62.